The second-order valence-electron chi connectivity index (χ2n) is 4.73. The van der Waals surface area contributed by atoms with Gasteiger partial charge in [0.15, 0.2) is 17.7 Å². The van der Waals surface area contributed by atoms with Gasteiger partial charge in [-0.1, -0.05) is 42.5 Å². The maximum absolute atomic E-state index is 5.97. The minimum absolute atomic E-state index is 0.0462. The number of ether oxygens (including phenoxy) is 2. The van der Waals surface area contributed by atoms with Crippen LogP contribution in [0.4, 0.5) is 0 Å². The first-order valence-corrected chi connectivity index (χ1v) is 6.45. The van der Waals surface area contributed by atoms with Gasteiger partial charge in [-0.15, -0.1) is 0 Å². The summed E-state index contributed by atoms with van der Waals surface area (Å²) in [5.74, 6) is 1.64. The summed E-state index contributed by atoms with van der Waals surface area (Å²) in [7, 11) is 2.05. The van der Waals surface area contributed by atoms with Crippen LogP contribution in [0.25, 0.3) is 0 Å². The molecule has 1 aliphatic rings. The molecule has 1 heterocycles. The lowest BCUT2D eigenvalue weighted by Gasteiger charge is -2.32. The summed E-state index contributed by atoms with van der Waals surface area (Å²) in [6.45, 7) is 1.40. The molecule has 98 valence electrons. The van der Waals surface area contributed by atoms with Gasteiger partial charge in [0, 0.05) is 6.54 Å². The summed E-state index contributed by atoms with van der Waals surface area (Å²) in [5, 5.41) is 0. The van der Waals surface area contributed by atoms with Crippen LogP contribution in [0.3, 0.4) is 0 Å². The van der Waals surface area contributed by atoms with Gasteiger partial charge in [0.2, 0.25) is 0 Å². The third kappa shape index (κ3) is 2.71. The summed E-state index contributed by atoms with van der Waals surface area (Å²) in [5.41, 5.74) is 1.27. The molecule has 0 spiro atoms. The molecule has 0 aliphatic carbocycles. The lowest BCUT2D eigenvalue weighted by Crippen LogP contribution is -2.42. The van der Waals surface area contributed by atoms with Crippen molar-refractivity contribution in [3.05, 3.63) is 60.2 Å². The summed E-state index contributed by atoms with van der Waals surface area (Å²) in [4.78, 5) is 2.16. The molecule has 0 fully saturated rings. The van der Waals surface area contributed by atoms with Crippen molar-refractivity contribution in [1.82, 2.24) is 4.90 Å². The minimum atomic E-state index is -0.0462. The highest BCUT2D eigenvalue weighted by Crippen LogP contribution is 2.31. The number of benzene rings is 2. The van der Waals surface area contributed by atoms with Crippen molar-refractivity contribution in [3.8, 4) is 11.5 Å². The van der Waals surface area contributed by atoms with Crippen molar-refractivity contribution in [2.75, 3.05) is 13.7 Å². The van der Waals surface area contributed by atoms with Crippen LogP contribution in [0.2, 0.25) is 0 Å². The molecule has 2 aromatic rings. The molecule has 0 amide bonds. The fourth-order valence-corrected chi connectivity index (χ4v) is 2.20. The molecule has 1 unspecified atom stereocenters. The van der Waals surface area contributed by atoms with Crippen LogP contribution in [0, 0.1) is 0 Å². The highest BCUT2D eigenvalue weighted by molar-refractivity contribution is 5.40. The summed E-state index contributed by atoms with van der Waals surface area (Å²) in [6, 6.07) is 18.2. The van der Waals surface area contributed by atoms with Crippen LogP contribution in [-0.2, 0) is 6.54 Å². The maximum Gasteiger partial charge on any atom is 0.187 e. The van der Waals surface area contributed by atoms with Crippen molar-refractivity contribution in [3.63, 3.8) is 0 Å². The van der Waals surface area contributed by atoms with Gasteiger partial charge in [-0.2, -0.15) is 0 Å². The molecule has 0 radical (unpaired) electrons. The van der Waals surface area contributed by atoms with E-state index in [0.717, 1.165) is 18.0 Å². The summed E-state index contributed by atoms with van der Waals surface area (Å²) < 4.78 is 11.7. The first-order chi connectivity index (χ1) is 9.33. The molecule has 0 N–H and O–H groups in total. The minimum Gasteiger partial charge on any atom is -0.484 e. The second-order valence-corrected chi connectivity index (χ2v) is 4.73. The van der Waals surface area contributed by atoms with Crippen molar-refractivity contribution in [2.24, 2.45) is 0 Å². The zero-order valence-electron chi connectivity index (χ0n) is 11.0. The fourth-order valence-electron chi connectivity index (χ4n) is 2.20. The molecule has 0 aromatic heterocycles. The number of likely N-dealkylation sites (N-methyl/N-ethyl adjacent to an activating group) is 1. The van der Waals surface area contributed by atoms with Crippen LogP contribution < -0.4 is 9.47 Å². The Bertz CT molecular complexity index is 541. The predicted molar refractivity (Wildman–Crippen MR) is 74.3 cm³/mol. The van der Waals surface area contributed by atoms with Crippen LogP contribution in [0.1, 0.15) is 5.56 Å². The average molecular weight is 255 g/mol. The number of hydrogen-bond donors (Lipinski definition) is 0. The zero-order valence-corrected chi connectivity index (χ0v) is 11.0. The molecule has 0 saturated carbocycles. The third-order valence-electron chi connectivity index (χ3n) is 3.26. The highest BCUT2D eigenvalue weighted by Gasteiger charge is 2.24. The molecule has 0 bridgehead atoms. The van der Waals surface area contributed by atoms with Gasteiger partial charge in [0.1, 0.15) is 6.61 Å². The summed E-state index contributed by atoms with van der Waals surface area (Å²) >= 11 is 0. The Morgan fingerprint density at radius 2 is 1.68 bits per heavy atom. The number of para-hydroxylation sites is 2. The van der Waals surface area contributed by atoms with E-state index in [2.05, 4.69) is 36.2 Å². The van der Waals surface area contributed by atoms with Crippen molar-refractivity contribution in [2.45, 2.75) is 12.8 Å². The monoisotopic (exact) mass is 255 g/mol. The SMILES string of the molecule is CN(Cc1ccccc1)C1COc2ccccc2O1. The van der Waals surface area contributed by atoms with E-state index in [0.29, 0.717) is 6.61 Å². The van der Waals surface area contributed by atoms with E-state index in [1.807, 2.05) is 30.3 Å². The first kappa shape index (κ1) is 12.1. The summed E-state index contributed by atoms with van der Waals surface area (Å²) in [6.07, 6.45) is -0.0462. The van der Waals surface area contributed by atoms with E-state index in [-0.39, 0.29) is 6.23 Å². The second kappa shape index (κ2) is 5.33. The number of hydrogen-bond acceptors (Lipinski definition) is 3. The molecule has 0 saturated heterocycles. The molecular weight excluding hydrogens is 238 g/mol. The largest absolute Gasteiger partial charge is 0.484 e. The Kier molecular flexibility index (Phi) is 3.38. The van der Waals surface area contributed by atoms with Crippen molar-refractivity contribution >= 4 is 0 Å². The van der Waals surface area contributed by atoms with E-state index in [9.17, 15) is 0 Å². The van der Waals surface area contributed by atoms with Crippen LogP contribution in [0.15, 0.2) is 54.6 Å². The lowest BCUT2D eigenvalue weighted by molar-refractivity contribution is -0.0194. The van der Waals surface area contributed by atoms with Crippen LogP contribution in [-0.4, -0.2) is 24.8 Å². The average Bonchev–Trinajstić information content (AvgIpc) is 2.48. The number of nitrogens with zero attached hydrogens (tertiary/aromatic N) is 1. The van der Waals surface area contributed by atoms with Gasteiger partial charge in [-0.3, -0.25) is 4.90 Å². The molecule has 1 atom stereocenters. The topological polar surface area (TPSA) is 21.7 Å². The van der Waals surface area contributed by atoms with E-state index in [1.165, 1.54) is 5.56 Å². The van der Waals surface area contributed by atoms with E-state index >= 15 is 0 Å². The molecule has 1 aliphatic heterocycles. The van der Waals surface area contributed by atoms with Gasteiger partial charge in [-0.05, 0) is 24.7 Å². The Hall–Kier alpha value is -2.00. The number of rotatable bonds is 3. The molecule has 3 rings (SSSR count). The standard InChI is InChI=1S/C16H17NO2/c1-17(11-13-7-3-2-4-8-13)16-12-18-14-9-5-6-10-15(14)19-16/h2-10,16H,11-12H2,1H3. The zero-order chi connectivity index (χ0) is 13.1. The van der Waals surface area contributed by atoms with Crippen LogP contribution >= 0.6 is 0 Å². The molecule has 2 aromatic carbocycles. The first-order valence-electron chi connectivity index (χ1n) is 6.45. The van der Waals surface area contributed by atoms with E-state index in [1.54, 1.807) is 0 Å². The maximum atomic E-state index is 5.97. The van der Waals surface area contributed by atoms with Gasteiger partial charge in [-0.25, -0.2) is 0 Å². The molecule has 3 nitrogen and oxygen atoms in total. The Morgan fingerprint density at radius 1 is 1.00 bits per heavy atom. The van der Waals surface area contributed by atoms with E-state index < -0.39 is 0 Å². The molecule has 19 heavy (non-hydrogen) atoms. The van der Waals surface area contributed by atoms with Crippen LogP contribution in [0.5, 0.6) is 11.5 Å². The third-order valence-corrected chi connectivity index (χ3v) is 3.26. The van der Waals surface area contributed by atoms with Crippen molar-refractivity contribution in [1.29, 1.82) is 0 Å². The quantitative estimate of drug-likeness (QED) is 0.841. The predicted octanol–water partition coefficient (Wildman–Crippen LogP) is 2.92. The molecule has 3 heteroatoms. The molecular formula is C16H17NO2. The number of fused-ring (bicyclic) bond motifs is 1. The van der Waals surface area contributed by atoms with Gasteiger partial charge in [0.05, 0.1) is 0 Å². The Labute approximate surface area is 113 Å². The Morgan fingerprint density at radius 3 is 2.47 bits per heavy atom. The fraction of sp³-hybridized carbons (Fsp3) is 0.250. The van der Waals surface area contributed by atoms with Gasteiger partial charge >= 0.3 is 0 Å². The Balaban J connectivity index is 1.68. The normalized spacial score (nSPS) is 17.5. The highest BCUT2D eigenvalue weighted by atomic mass is 16.6. The smallest absolute Gasteiger partial charge is 0.187 e. The lowest BCUT2D eigenvalue weighted by atomic mass is 10.2. The van der Waals surface area contributed by atoms with Crippen molar-refractivity contribution < 1.29 is 9.47 Å². The van der Waals surface area contributed by atoms with E-state index in [4.69, 9.17) is 9.47 Å². The van der Waals surface area contributed by atoms with Gasteiger partial charge < -0.3 is 9.47 Å². The van der Waals surface area contributed by atoms with Gasteiger partial charge in [0.25, 0.3) is 0 Å².